The number of carbonyl (C=O) groups is 2. The van der Waals surface area contributed by atoms with Crippen LogP contribution in [0.5, 0.6) is 0 Å². The topological polar surface area (TPSA) is 43.4 Å². The van der Waals surface area contributed by atoms with Crippen molar-refractivity contribution in [3.05, 3.63) is 11.6 Å². The first kappa shape index (κ1) is 11.7. The Kier molecular flexibility index (Phi) is 2.03. The van der Waals surface area contributed by atoms with Gasteiger partial charge in [-0.05, 0) is 55.3 Å². The standard InChI is InChI=1S/C16H20O3/c1-15(2)11-4-9-3-10(5-11)8-16(15,7-9)12-6-13(17)19-14(12)18/h6,9-11H,3-5,7-8H2,1-2H3. The average Bonchev–Trinajstić information content (AvgIpc) is 2.65. The summed E-state index contributed by atoms with van der Waals surface area (Å²) in [5, 5.41) is 0. The Morgan fingerprint density at radius 1 is 1.11 bits per heavy atom. The van der Waals surface area contributed by atoms with Crippen molar-refractivity contribution in [2.75, 3.05) is 0 Å². The van der Waals surface area contributed by atoms with Gasteiger partial charge in [0, 0.05) is 11.5 Å². The van der Waals surface area contributed by atoms with Crippen LogP contribution < -0.4 is 0 Å². The summed E-state index contributed by atoms with van der Waals surface area (Å²) < 4.78 is 4.79. The van der Waals surface area contributed by atoms with Crippen LogP contribution in [0.4, 0.5) is 0 Å². The minimum atomic E-state index is -0.466. The van der Waals surface area contributed by atoms with Crippen molar-refractivity contribution in [2.45, 2.75) is 46.0 Å². The number of carbonyl (C=O) groups excluding carboxylic acids is 2. The third kappa shape index (κ3) is 1.29. The fourth-order valence-electron chi connectivity index (χ4n) is 5.73. The molecule has 0 amide bonds. The molecule has 0 saturated heterocycles. The number of esters is 2. The number of ether oxygens (including phenoxy) is 1. The van der Waals surface area contributed by atoms with E-state index < -0.39 is 5.97 Å². The lowest BCUT2D eigenvalue weighted by atomic mass is 9.38. The van der Waals surface area contributed by atoms with E-state index in [4.69, 9.17) is 4.74 Å². The van der Waals surface area contributed by atoms with Gasteiger partial charge in [-0.15, -0.1) is 0 Å². The second-order valence-electron chi connectivity index (χ2n) is 7.61. The fourth-order valence-corrected chi connectivity index (χ4v) is 5.73. The van der Waals surface area contributed by atoms with Crippen molar-refractivity contribution >= 4 is 11.9 Å². The molecule has 3 heteroatoms. The molecule has 5 rings (SSSR count). The molecule has 4 aliphatic carbocycles. The Hall–Kier alpha value is -1.12. The Bertz CT molecular complexity index is 500. The lowest BCUT2D eigenvalue weighted by Gasteiger charge is -2.66. The molecule has 1 aliphatic heterocycles. The molecule has 0 N–H and O–H groups in total. The molecule has 3 nitrogen and oxygen atoms in total. The summed E-state index contributed by atoms with van der Waals surface area (Å²) in [4.78, 5) is 23.5. The van der Waals surface area contributed by atoms with Crippen LogP contribution >= 0.6 is 0 Å². The molecule has 4 fully saturated rings. The van der Waals surface area contributed by atoms with E-state index in [2.05, 4.69) is 13.8 Å². The van der Waals surface area contributed by atoms with Crippen LogP contribution in [0.2, 0.25) is 0 Å². The van der Waals surface area contributed by atoms with Gasteiger partial charge in [-0.3, -0.25) is 0 Å². The first-order valence-electron chi connectivity index (χ1n) is 7.41. The van der Waals surface area contributed by atoms with E-state index in [0.717, 1.165) is 24.7 Å². The van der Waals surface area contributed by atoms with E-state index in [1.54, 1.807) is 0 Å². The highest BCUT2D eigenvalue weighted by Gasteiger charge is 2.64. The van der Waals surface area contributed by atoms with Crippen LogP contribution in [-0.4, -0.2) is 11.9 Å². The van der Waals surface area contributed by atoms with Gasteiger partial charge >= 0.3 is 11.9 Å². The van der Waals surface area contributed by atoms with Crippen LogP contribution in [0.25, 0.3) is 0 Å². The summed E-state index contributed by atoms with van der Waals surface area (Å²) in [6, 6.07) is 0. The van der Waals surface area contributed by atoms with Crippen molar-refractivity contribution in [2.24, 2.45) is 28.6 Å². The Labute approximate surface area is 113 Å². The molecule has 19 heavy (non-hydrogen) atoms. The van der Waals surface area contributed by atoms with Gasteiger partial charge in [0.1, 0.15) is 0 Å². The van der Waals surface area contributed by atoms with Gasteiger partial charge in [0.25, 0.3) is 0 Å². The van der Waals surface area contributed by atoms with Crippen molar-refractivity contribution in [3.8, 4) is 0 Å². The molecule has 4 saturated carbocycles. The maximum atomic E-state index is 12.1. The predicted octanol–water partition coefficient (Wildman–Crippen LogP) is 2.85. The van der Waals surface area contributed by atoms with Gasteiger partial charge in [-0.1, -0.05) is 13.8 Å². The maximum Gasteiger partial charge on any atom is 0.342 e. The molecule has 4 bridgehead atoms. The zero-order valence-corrected chi connectivity index (χ0v) is 11.6. The first-order chi connectivity index (χ1) is 8.92. The van der Waals surface area contributed by atoms with Gasteiger partial charge in [0.15, 0.2) is 0 Å². The second-order valence-corrected chi connectivity index (χ2v) is 7.61. The first-order valence-corrected chi connectivity index (χ1v) is 7.41. The second kappa shape index (κ2) is 3.31. The third-order valence-corrected chi connectivity index (χ3v) is 6.62. The van der Waals surface area contributed by atoms with E-state index >= 15 is 0 Å². The predicted molar refractivity (Wildman–Crippen MR) is 69.0 cm³/mol. The van der Waals surface area contributed by atoms with Crippen LogP contribution in [0.3, 0.4) is 0 Å². The summed E-state index contributed by atoms with van der Waals surface area (Å²) in [5.74, 6) is 1.35. The molecular formula is C16H20O3. The fraction of sp³-hybridized carbons (Fsp3) is 0.750. The Balaban J connectivity index is 1.86. The largest absolute Gasteiger partial charge is 0.386 e. The molecule has 2 atom stereocenters. The number of hydrogen-bond donors (Lipinski definition) is 0. The quantitative estimate of drug-likeness (QED) is 0.538. The van der Waals surface area contributed by atoms with E-state index in [9.17, 15) is 9.59 Å². The molecule has 102 valence electrons. The van der Waals surface area contributed by atoms with E-state index in [-0.39, 0.29) is 16.8 Å². The van der Waals surface area contributed by atoms with Gasteiger partial charge < -0.3 is 4.74 Å². The molecule has 0 aromatic rings. The summed E-state index contributed by atoms with van der Waals surface area (Å²) in [6.45, 7) is 4.60. The highest BCUT2D eigenvalue weighted by atomic mass is 16.6. The van der Waals surface area contributed by atoms with E-state index in [1.807, 2.05) is 0 Å². The molecule has 5 aliphatic rings. The monoisotopic (exact) mass is 260 g/mol. The lowest BCUT2D eigenvalue weighted by molar-refractivity contribution is -0.160. The van der Waals surface area contributed by atoms with Crippen molar-refractivity contribution in [3.63, 3.8) is 0 Å². The van der Waals surface area contributed by atoms with Crippen LogP contribution in [0, 0.1) is 28.6 Å². The summed E-state index contributed by atoms with van der Waals surface area (Å²) in [6.07, 6.45) is 7.56. The summed E-state index contributed by atoms with van der Waals surface area (Å²) in [5.41, 5.74) is 0.683. The number of hydrogen-bond acceptors (Lipinski definition) is 3. The van der Waals surface area contributed by atoms with Crippen LogP contribution in [0.15, 0.2) is 11.6 Å². The minimum Gasteiger partial charge on any atom is -0.386 e. The lowest BCUT2D eigenvalue weighted by Crippen LogP contribution is -2.58. The molecule has 0 aromatic heterocycles. The third-order valence-electron chi connectivity index (χ3n) is 6.62. The van der Waals surface area contributed by atoms with E-state index in [1.165, 1.54) is 25.3 Å². The Morgan fingerprint density at radius 3 is 2.26 bits per heavy atom. The van der Waals surface area contributed by atoms with Gasteiger partial charge in [-0.25, -0.2) is 9.59 Å². The van der Waals surface area contributed by atoms with Crippen molar-refractivity contribution < 1.29 is 14.3 Å². The van der Waals surface area contributed by atoms with Crippen molar-refractivity contribution in [1.29, 1.82) is 0 Å². The molecule has 0 aromatic carbocycles. The van der Waals surface area contributed by atoms with Crippen LogP contribution in [0.1, 0.15) is 46.0 Å². The summed E-state index contributed by atoms with van der Waals surface area (Å²) in [7, 11) is 0. The average molecular weight is 260 g/mol. The van der Waals surface area contributed by atoms with Gasteiger partial charge in [0.2, 0.25) is 0 Å². The molecular weight excluding hydrogens is 240 g/mol. The maximum absolute atomic E-state index is 12.1. The number of rotatable bonds is 1. The smallest absolute Gasteiger partial charge is 0.342 e. The normalized spacial score (nSPS) is 46.4. The van der Waals surface area contributed by atoms with Crippen molar-refractivity contribution in [1.82, 2.24) is 0 Å². The van der Waals surface area contributed by atoms with E-state index in [0.29, 0.717) is 11.5 Å². The SMILES string of the molecule is CC1(C)C2CC3CC(C2)CC1(C1=CC(=O)OC1=O)C3. The zero-order valence-electron chi connectivity index (χ0n) is 11.6. The van der Waals surface area contributed by atoms with Crippen LogP contribution in [-0.2, 0) is 14.3 Å². The van der Waals surface area contributed by atoms with Gasteiger partial charge in [0.05, 0.1) is 5.57 Å². The molecule has 2 unspecified atom stereocenters. The van der Waals surface area contributed by atoms with Gasteiger partial charge in [-0.2, -0.15) is 0 Å². The summed E-state index contributed by atoms with van der Waals surface area (Å²) >= 11 is 0. The minimum absolute atomic E-state index is 0.106. The number of cyclic esters (lactones) is 2. The zero-order chi connectivity index (χ0) is 13.4. The highest BCUT2D eigenvalue weighted by Crippen LogP contribution is 2.70. The highest BCUT2D eigenvalue weighted by molar-refractivity contribution is 6.09. The Morgan fingerprint density at radius 2 is 1.74 bits per heavy atom. The molecule has 1 heterocycles. The molecule has 0 radical (unpaired) electrons. The molecule has 0 spiro atoms.